The topological polar surface area (TPSA) is 34.1 Å². The Hall–Kier alpha value is -1.96. The number of rotatable bonds is 2. The van der Waals surface area contributed by atoms with Crippen molar-refractivity contribution in [3.05, 3.63) is 53.6 Å². The third-order valence-corrected chi connectivity index (χ3v) is 2.65. The van der Waals surface area contributed by atoms with E-state index in [4.69, 9.17) is 0 Å². The first-order valence-corrected chi connectivity index (χ1v) is 5.29. The number of carbonyl (C=O) groups is 2. The Morgan fingerprint density at radius 2 is 1.56 bits per heavy atom. The van der Waals surface area contributed by atoms with Crippen LogP contribution >= 0.6 is 0 Å². The normalized spacial score (nSPS) is 15.8. The monoisotopic (exact) mass is 212 g/mol. The van der Waals surface area contributed by atoms with Crippen LogP contribution < -0.4 is 0 Å². The standard InChI is InChI=1S/C14H12O2/c1-2-11-12(15)8-9-13(16)14(11)10-6-4-3-5-7-10/h3-9H,2H2,1H3. The molecule has 80 valence electrons. The van der Waals surface area contributed by atoms with Crippen LogP contribution in [-0.4, -0.2) is 11.6 Å². The van der Waals surface area contributed by atoms with Gasteiger partial charge in [-0.1, -0.05) is 37.3 Å². The lowest BCUT2D eigenvalue weighted by Gasteiger charge is -2.13. The van der Waals surface area contributed by atoms with Gasteiger partial charge < -0.3 is 0 Å². The second-order valence-corrected chi connectivity index (χ2v) is 3.63. The van der Waals surface area contributed by atoms with Crippen molar-refractivity contribution in [2.45, 2.75) is 13.3 Å². The molecule has 0 heterocycles. The van der Waals surface area contributed by atoms with Gasteiger partial charge in [-0.25, -0.2) is 0 Å². The highest BCUT2D eigenvalue weighted by molar-refractivity contribution is 6.35. The van der Waals surface area contributed by atoms with E-state index in [1.807, 2.05) is 37.3 Å². The van der Waals surface area contributed by atoms with Crippen molar-refractivity contribution in [2.75, 3.05) is 0 Å². The third kappa shape index (κ3) is 1.74. The second kappa shape index (κ2) is 4.27. The van der Waals surface area contributed by atoms with Crippen LogP contribution in [0.25, 0.3) is 5.57 Å². The Labute approximate surface area is 94.3 Å². The molecule has 0 aromatic heterocycles. The molecule has 0 bridgehead atoms. The Balaban J connectivity index is 2.59. The Morgan fingerprint density at radius 3 is 2.19 bits per heavy atom. The number of hydrogen-bond donors (Lipinski definition) is 0. The highest BCUT2D eigenvalue weighted by atomic mass is 16.1. The average Bonchev–Trinajstić information content (AvgIpc) is 2.33. The van der Waals surface area contributed by atoms with E-state index in [1.54, 1.807) is 0 Å². The van der Waals surface area contributed by atoms with Crippen LogP contribution in [0.5, 0.6) is 0 Å². The molecule has 0 unspecified atom stereocenters. The summed E-state index contributed by atoms with van der Waals surface area (Å²) in [7, 11) is 0. The molecule has 1 aromatic rings. The van der Waals surface area contributed by atoms with E-state index in [2.05, 4.69) is 0 Å². The van der Waals surface area contributed by atoms with E-state index < -0.39 is 0 Å². The molecule has 0 saturated heterocycles. The average molecular weight is 212 g/mol. The van der Waals surface area contributed by atoms with Gasteiger partial charge in [0.15, 0.2) is 11.6 Å². The predicted octanol–water partition coefficient (Wildman–Crippen LogP) is 2.56. The molecule has 1 aliphatic rings. The largest absolute Gasteiger partial charge is 0.290 e. The lowest BCUT2D eigenvalue weighted by molar-refractivity contribution is -0.114. The molecule has 0 saturated carbocycles. The van der Waals surface area contributed by atoms with Crippen LogP contribution in [0.2, 0.25) is 0 Å². The minimum absolute atomic E-state index is 0.0547. The summed E-state index contributed by atoms with van der Waals surface area (Å²) >= 11 is 0. The molecule has 2 heteroatoms. The fraction of sp³-hybridized carbons (Fsp3) is 0.143. The molecule has 0 fully saturated rings. The molecule has 0 atom stereocenters. The Kier molecular flexibility index (Phi) is 2.82. The van der Waals surface area contributed by atoms with Gasteiger partial charge in [0.25, 0.3) is 0 Å². The summed E-state index contributed by atoms with van der Waals surface area (Å²) in [5.41, 5.74) is 1.98. The molecule has 2 rings (SSSR count). The van der Waals surface area contributed by atoms with Gasteiger partial charge in [0, 0.05) is 11.1 Å². The summed E-state index contributed by atoms with van der Waals surface area (Å²) in [6.07, 6.45) is 3.29. The van der Waals surface area contributed by atoms with Gasteiger partial charge in [0.05, 0.1) is 0 Å². The van der Waals surface area contributed by atoms with E-state index in [9.17, 15) is 9.59 Å². The maximum atomic E-state index is 11.8. The molecule has 0 spiro atoms. The quantitative estimate of drug-likeness (QED) is 0.706. The van der Waals surface area contributed by atoms with Gasteiger partial charge >= 0.3 is 0 Å². The zero-order valence-electron chi connectivity index (χ0n) is 9.07. The van der Waals surface area contributed by atoms with E-state index in [0.717, 1.165) is 5.56 Å². The molecule has 0 radical (unpaired) electrons. The number of carbonyl (C=O) groups excluding carboxylic acids is 2. The van der Waals surface area contributed by atoms with Crippen molar-refractivity contribution >= 4 is 17.1 Å². The summed E-state index contributed by atoms with van der Waals surface area (Å²) in [6.45, 7) is 1.89. The zero-order valence-corrected chi connectivity index (χ0v) is 9.07. The SMILES string of the molecule is CCC1=C(c2ccccc2)C(=O)C=CC1=O. The fourth-order valence-corrected chi connectivity index (χ4v) is 1.88. The first kappa shape index (κ1) is 10.6. The van der Waals surface area contributed by atoms with E-state index in [1.165, 1.54) is 12.2 Å². The summed E-state index contributed by atoms with van der Waals surface area (Å²) < 4.78 is 0. The van der Waals surface area contributed by atoms with Crippen molar-refractivity contribution < 1.29 is 9.59 Å². The second-order valence-electron chi connectivity index (χ2n) is 3.63. The van der Waals surface area contributed by atoms with E-state index in [0.29, 0.717) is 17.6 Å². The highest BCUT2D eigenvalue weighted by Crippen LogP contribution is 2.26. The van der Waals surface area contributed by atoms with Crippen LogP contribution in [0.1, 0.15) is 18.9 Å². The molecule has 0 aliphatic heterocycles. The summed E-state index contributed by atoms with van der Waals surface area (Å²) in [5.74, 6) is -0.136. The summed E-state index contributed by atoms with van der Waals surface area (Å²) in [4.78, 5) is 23.5. The number of allylic oxidation sites excluding steroid dienone is 4. The number of hydrogen-bond acceptors (Lipinski definition) is 2. The summed E-state index contributed by atoms with van der Waals surface area (Å²) in [6, 6.07) is 9.34. The van der Waals surface area contributed by atoms with Crippen LogP contribution in [0.15, 0.2) is 48.1 Å². The molecule has 2 nitrogen and oxygen atoms in total. The van der Waals surface area contributed by atoms with E-state index >= 15 is 0 Å². The van der Waals surface area contributed by atoms with Crippen molar-refractivity contribution in [3.63, 3.8) is 0 Å². The van der Waals surface area contributed by atoms with Crippen LogP contribution in [0, 0.1) is 0 Å². The first-order chi connectivity index (χ1) is 7.74. The van der Waals surface area contributed by atoms with Gasteiger partial charge in [-0.3, -0.25) is 9.59 Å². The lowest BCUT2D eigenvalue weighted by atomic mass is 9.88. The minimum Gasteiger partial charge on any atom is -0.290 e. The molecule has 0 amide bonds. The van der Waals surface area contributed by atoms with Gasteiger partial charge in [0.2, 0.25) is 0 Å². The predicted molar refractivity (Wildman–Crippen MR) is 62.8 cm³/mol. The van der Waals surface area contributed by atoms with Gasteiger partial charge in [0.1, 0.15) is 0 Å². The molecule has 16 heavy (non-hydrogen) atoms. The third-order valence-electron chi connectivity index (χ3n) is 2.65. The van der Waals surface area contributed by atoms with Crippen LogP contribution in [0.4, 0.5) is 0 Å². The smallest absolute Gasteiger partial charge is 0.186 e. The lowest BCUT2D eigenvalue weighted by Crippen LogP contribution is -2.13. The maximum absolute atomic E-state index is 11.8. The molecular formula is C14H12O2. The Bertz CT molecular complexity index is 493. The van der Waals surface area contributed by atoms with Gasteiger partial charge in [-0.15, -0.1) is 0 Å². The Morgan fingerprint density at radius 1 is 0.938 bits per heavy atom. The number of benzene rings is 1. The zero-order chi connectivity index (χ0) is 11.5. The maximum Gasteiger partial charge on any atom is 0.186 e. The van der Waals surface area contributed by atoms with Crippen LogP contribution in [0.3, 0.4) is 0 Å². The minimum atomic E-state index is -0.0809. The molecule has 1 aliphatic carbocycles. The number of ketones is 2. The van der Waals surface area contributed by atoms with Crippen LogP contribution in [-0.2, 0) is 9.59 Å². The van der Waals surface area contributed by atoms with E-state index in [-0.39, 0.29) is 11.6 Å². The van der Waals surface area contributed by atoms with Gasteiger partial charge in [-0.05, 0) is 24.1 Å². The van der Waals surface area contributed by atoms with Gasteiger partial charge in [-0.2, -0.15) is 0 Å². The van der Waals surface area contributed by atoms with Crippen molar-refractivity contribution in [1.29, 1.82) is 0 Å². The van der Waals surface area contributed by atoms with Crippen molar-refractivity contribution in [3.8, 4) is 0 Å². The summed E-state index contributed by atoms with van der Waals surface area (Å²) in [5, 5.41) is 0. The molecule has 1 aromatic carbocycles. The molecule has 0 N–H and O–H groups in total. The molecular weight excluding hydrogens is 200 g/mol. The first-order valence-electron chi connectivity index (χ1n) is 5.29. The fourth-order valence-electron chi connectivity index (χ4n) is 1.88. The van der Waals surface area contributed by atoms with Crippen molar-refractivity contribution in [2.24, 2.45) is 0 Å². The van der Waals surface area contributed by atoms with Crippen molar-refractivity contribution in [1.82, 2.24) is 0 Å². The highest BCUT2D eigenvalue weighted by Gasteiger charge is 2.21.